The van der Waals surface area contributed by atoms with Crippen molar-refractivity contribution < 1.29 is 9.90 Å². The first-order chi connectivity index (χ1) is 8.39. The summed E-state index contributed by atoms with van der Waals surface area (Å²) >= 11 is 0. The van der Waals surface area contributed by atoms with E-state index in [0.717, 1.165) is 25.9 Å². The predicted molar refractivity (Wildman–Crippen MR) is 73.8 cm³/mol. The van der Waals surface area contributed by atoms with Crippen molar-refractivity contribution in [3.05, 3.63) is 0 Å². The number of carbonyl (C=O) groups is 1. The van der Waals surface area contributed by atoms with E-state index in [-0.39, 0.29) is 0 Å². The van der Waals surface area contributed by atoms with Gasteiger partial charge in [0.2, 0.25) is 0 Å². The van der Waals surface area contributed by atoms with E-state index in [1.165, 1.54) is 12.8 Å². The summed E-state index contributed by atoms with van der Waals surface area (Å²) in [7, 11) is 4.21. The normalized spacial score (nSPS) is 25.1. The fourth-order valence-electron chi connectivity index (χ4n) is 2.98. The molecule has 2 unspecified atom stereocenters. The molecular formula is C14H28N2O2. The Balaban J connectivity index is 2.60. The largest absolute Gasteiger partial charge is 0.481 e. The van der Waals surface area contributed by atoms with E-state index in [1.54, 1.807) is 0 Å². The summed E-state index contributed by atoms with van der Waals surface area (Å²) in [5.74, 6) is -0.666. The molecule has 0 saturated carbocycles. The molecule has 1 heterocycles. The van der Waals surface area contributed by atoms with Crippen molar-refractivity contribution in [1.82, 2.24) is 9.80 Å². The van der Waals surface area contributed by atoms with Crippen LogP contribution in [0.3, 0.4) is 0 Å². The van der Waals surface area contributed by atoms with Crippen molar-refractivity contribution in [2.24, 2.45) is 5.41 Å². The molecule has 1 aliphatic rings. The molecule has 106 valence electrons. The van der Waals surface area contributed by atoms with Crippen LogP contribution in [0.25, 0.3) is 0 Å². The zero-order valence-corrected chi connectivity index (χ0v) is 12.3. The van der Waals surface area contributed by atoms with Crippen LogP contribution >= 0.6 is 0 Å². The molecule has 4 nitrogen and oxygen atoms in total. The highest BCUT2D eigenvalue weighted by Crippen LogP contribution is 2.26. The SMILES string of the molecule is CCCC(C)(CN(C)C1CCCN(C)C1)C(=O)O. The molecule has 0 aromatic rings. The summed E-state index contributed by atoms with van der Waals surface area (Å²) in [6.07, 6.45) is 4.06. The standard InChI is InChI=1S/C14H28N2O2/c1-5-8-14(2,13(17)18)11-16(4)12-7-6-9-15(3)10-12/h12H,5-11H2,1-4H3,(H,17,18). The van der Waals surface area contributed by atoms with Crippen LogP contribution in [0, 0.1) is 5.41 Å². The number of piperidine rings is 1. The molecule has 18 heavy (non-hydrogen) atoms. The Hall–Kier alpha value is -0.610. The van der Waals surface area contributed by atoms with Crippen LogP contribution in [0.5, 0.6) is 0 Å². The minimum absolute atomic E-state index is 0.499. The number of hydrogen-bond acceptors (Lipinski definition) is 3. The van der Waals surface area contributed by atoms with Gasteiger partial charge in [0, 0.05) is 19.1 Å². The number of nitrogens with zero attached hydrogens (tertiary/aromatic N) is 2. The Morgan fingerprint density at radius 3 is 2.72 bits per heavy atom. The molecule has 0 aliphatic carbocycles. The Morgan fingerprint density at radius 2 is 2.22 bits per heavy atom. The van der Waals surface area contributed by atoms with Crippen LogP contribution in [0.1, 0.15) is 39.5 Å². The van der Waals surface area contributed by atoms with Crippen LogP contribution < -0.4 is 0 Å². The lowest BCUT2D eigenvalue weighted by Gasteiger charge is -2.39. The van der Waals surface area contributed by atoms with Gasteiger partial charge >= 0.3 is 5.97 Å². The summed E-state index contributed by atoms with van der Waals surface area (Å²) in [4.78, 5) is 16.0. The molecule has 1 fully saturated rings. The second kappa shape index (κ2) is 6.53. The average molecular weight is 256 g/mol. The van der Waals surface area contributed by atoms with Gasteiger partial charge in [-0.1, -0.05) is 13.3 Å². The summed E-state index contributed by atoms with van der Waals surface area (Å²) in [5.41, 5.74) is -0.612. The van der Waals surface area contributed by atoms with Gasteiger partial charge in [-0.05, 0) is 46.8 Å². The van der Waals surface area contributed by atoms with Crippen LogP contribution in [-0.2, 0) is 4.79 Å². The van der Waals surface area contributed by atoms with Gasteiger partial charge in [0.15, 0.2) is 0 Å². The number of hydrogen-bond donors (Lipinski definition) is 1. The minimum Gasteiger partial charge on any atom is -0.481 e. The van der Waals surface area contributed by atoms with Gasteiger partial charge < -0.3 is 14.9 Å². The van der Waals surface area contributed by atoms with Crippen molar-refractivity contribution in [1.29, 1.82) is 0 Å². The van der Waals surface area contributed by atoms with Gasteiger partial charge in [-0.25, -0.2) is 0 Å². The molecular weight excluding hydrogens is 228 g/mol. The van der Waals surface area contributed by atoms with Gasteiger partial charge in [-0.15, -0.1) is 0 Å². The fourth-order valence-corrected chi connectivity index (χ4v) is 2.98. The van der Waals surface area contributed by atoms with E-state index in [1.807, 2.05) is 6.92 Å². The molecule has 1 saturated heterocycles. The van der Waals surface area contributed by atoms with E-state index in [9.17, 15) is 9.90 Å². The third-order valence-corrected chi connectivity index (χ3v) is 4.14. The molecule has 0 spiro atoms. The molecule has 0 bridgehead atoms. The van der Waals surface area contributed by atoms with Crippen molar-refractivity contribution in [2.75, 3.05) is 33.7 Å². The topological polar surface area (TPSA) is 43.8 Å². The van der Waals surface area contributed by atoms with Crippen LogP contribution in [-0.4, -0.2) is 60.6 Å². The second-order valence-electron chi connectivity index (χ2n) is 6.09. The molecule has 1 aliphatic heterocycles. The maximum atomic E-state index is 11.5. The molecule has 4 heteroatoms. The van der Waals surface area contributed by atoms with Crippen molar-refractivity contribution in [3.8, 4) is 0 Å². The zero-order chi connectivity index (χ0) is 13.8. The first kappa shape index (κ1) is 15.4. The Morgan fingerprint density at radius 1 is 1.56 bits per heavy atom. The maximum Gasteiger partial charge on any atom is 0.310 e. The quantitative estimate of drug-likeness (QED) is 0.788. The second-order valence-corrected chi connectivity index (χ2v) is 6.09. The van der Waals surface area contributed by atoms with Gasteiger partial charge in [0.1, 0.15) is 0 Å². The average Bonchev–Trinajstić information content (AvgIpc) is 2.29. The van der Waals surface area contributed by atoms with Gasteiger partial charge in [-0.3, -0.25) is 4.79 Å². The summed E-state index contributed by atoms with van der Waals surface area (Å²) in [5, 5.41) is 9.43. The molecule has 1 rings (SSSR count). The lowest BCUT2D eigenvalue weighted by Crippen LogP contribution is -2.49. The highest BCUT2D eigenvalue weighted by atomic mass is 16.4. The summed E-state index contributed by atoms with van der Waals surface area (Å²) < 4.78 is 0. The first-order valence-electron chi connectivity index (χ1n) is 7.01. The third-order valence-electron chi connectivity index (χ3n) is 4.14. The number of rotatable bonds is 6. The number of carboxylic acid groups (broad SMARTS) is 1. The Kier molecular flexibility index (Phi) is 5.60. The fraction of sp³-hybridized carbons (Fsp3) is 0.929. The summed E-state index contributed by atoms with van der Waals surface area (Å²) in [6, 6.07) is 0.499. The van der Waals surface area contributed by atoms with Crippen LogP contribution in [0.2, 0.25) is 0 Å². The third kappa shape index (κ3) is 3.95. The molecule has 0 aromatic carbocycles. The molecule has 1 N–H and O–H groups in total. The van der Waals surface area contributed by atoms with Gasteiger partial charge in [0.25, 0.3) is 0 Å². The molecule has 2 atom stereocenters. The predicted octanol–water partition coefficient (Wildman–Crippen LogP) is 1.90. The van der Waals surface area contributed by atoms with Gasteiger partial charge in [-0.2, -0.15) is 0 Å². The van der Waals surface area contributed by atoms with E-state index in [2.05, 4.69) is 30.8 Å². The van der Waals surface area contributed by atoms with Crippen molar-refractivity contribution >= 4 is 5.97 Å². The van der Waals surface area contributed by atoms with E-state index in [0.29, 0.717) is 12.6 Å². The number of likely N-dealkylation sites (tertiary alicyclic amines) is 1. The number of aliphatic carboxylic acids is 1. The highest BCUT2D eigenvalue weighted by molar-refractivity contribution is 5.74. The number of likely N-dealkylation sites (N-methyl/N-ethyl adjacent to an activating group) is 2. The summed E-state index contributed by atoms with van der Waals surface area (Å²) in [6.45, 7) is 6.79. The smallest absolute Gasteiger partial charge is 0.310 e. The van der Waals surface area contributed by atoms with E-state index in [4.69, 9.17) is 0 Å². The molecule has 0 radical (unpaired) electrons. The van der Waals surface area contributed by atoms with Crippen LogP contribution in [0.15, 0.2) is 0 Å². The monoisotopic (exact) mass is 256 g/mol. The lowest BCUT2D eigenvalue weighted by molar-refractivity contribution is -0.149. The minimum atomic E-state index is -0.666. The van der Waals surface area contributed by atoms with Crippen molar-refractivity contribution in [2.45, 2.75) is 45.6 Å². The Bertz CT molecular complexity index is 283. The molecule has 0 aromatic heterocycles. The maximum absolute atomic E-state index is 11.5. The number of carboxylic acids is 1. The van der Waals surface area contributed by atoms with E-state index < -0.39 is 11.4 Å². The van der Waals surface area contributed by atoms with E-state index >= 15 is 0 Å². The Labute approximate surface area is 111 Å². The zero-order valence-electron chi connectivity index (χ0n) is 12.3. The van der Waals surface area contributed by atoms with Crippen LogP contribution in [0.4, 0.5) is 0 Å². The lowest BCUT2D eigenvalue weighted by atomic mass is 9.84. The van der Waals surface area contributed by atoms with Crippen molar-refractivity contribution in [3.63, 3.8) is 0 Å². The first-order valence-corrected chi connectivity index (χ1v) is 7.01. The van der Waals surface area contributed by atoms with Gasteiger partial charge in [0.05, 0.1) is 5.41 Å². The molecule has 0 amide bonds. The highest BCUT2D eigenvalue weighted by Gasteiger charge is 2.35.